The van der Waals surface area contributed by atoms with Crippen molar-refractivity contribution in [3.05, 3.63) is 0 Å². The topological polar surface area (TPSA) is 59.6 Å². The van der Waals surface area contributed by atoms with Crippen LogP contribution in [0, 0.1) is 5.92 Å². The van der Waals surface area contributed by atoms with E-state index in [0.717, 1.165) is 6.61 Å². The number of hydrogen-bond donors (Lipinski definition) is 2. The molecule has 4 nitrogen and oxygen atoms in total. The highest BCUT2D eigenvalue weighted by atomic mass is 16.5. The van der Waals surface area contributed by atoms with Crippen LogP contribution in [0.4, 0.5) is 0 Å². The van der Waals surface area contributed by atoms with Gasteiger partial charge in [0.1, 0.15) is 0 Å². The first-order valence-electron chi connectivity index (χ1n) is 6.82. The summed E-state index contributed by atoms with van der Waals surface area (Å²) in [6.07, 6.45) is 6.42. The Morgan fingerprint density at radius 2 is 2.06 bits per heavy atom. The van der Waals surface area contributed by atoms with Gasteiger partial charge in [-0.25, -0.2) is 0 Å². The largest absolute Gasteiger partial charge is 0.379 e. The van der Waals surface area contributed by atoms with Crippen LogP contribution in [-0.2, 0) is 4.74 Å². The van der Waals surface area contributed by atoms with Crippen LogP contribution >= 0.6 is 0 Å². The van der Waals surface area contributed by atoms with E-state index in [0.29, 0.717) is 31.1 Å². The quantitative estimate of drug-likeness (QED) is 0.424. The van der Waals surface area contributed by atoms with E-state index in [1.54, 1.807) is 0 Å². The number of guanidine groups is 1. The number of rotatable bonds is 6. The molecular weight excluding hydrogens is 214 g/mol. The lowest BCUT2D eigenvalue weighted by Gasteiger charge is -2.23. The summed E-state index contributed by atoms with van der Waals surface area (Å²) in [4.78, 5) is 4.27. The fourth-order valence-corrected chi connectivity index (χ4v) is 2.05. The fraction of sp³-hybridized carbons (Fsp3) is 0.923. The lowest BCUT2D eigenvalue weighted by Crippen LogP contribution is -2.41. The highest BCUT2D eigenvalue weighted by Crippen LogP contribution is 2.16. The Kier molecular flexibility index (Phi) is 7.01. The summed E-state index contributed by atoms with van der Waals surface area (Å²) in [6, 6.07) is 0.532. The van der Waals surface area contributed by atoms with Gasteiger partial charge in [0.2, 0.25) is 0 Å². The smallest absolute Gasteiger partial charge is 0.188 e. The number of aliphatic imine (C=N–C) groups is 1. The Morgan fingerprint density at radius 3 is 2.71 bits per heavy atom. The van der Waals surface area contributed by atoms with Gasteiger partial charge in [0.05, 0.1) is 13.2 Å². The SMILES string of the molecule is CC(C)COCCN=C(N)NC1CCCCC1. The summed E-state index contributed by atoms with van der Waals surface area (Å²) in [5, 5.41) is 3.29. The van der Waals surface area contributed by atoms with Crippen molar-refractivity contribution in [2.45, 2.75) is 52.0 Å². The molecule has 0 aromatic rings. The van der Waals surface area contributed by atoms with Gasteiger partial charge in [-0.3, -0.25) is 4.99 Å². The van der Waals surface area contributed by atoms with Crippen molar-refractivity contribution in [1.82, 2.24) is 5.32 Å². The molecule has 17 heavy (non-hydrogen) atoms. The summed E-state index contributed by atoms with van der Waals surface area (Å²) < 4.78 is 5.45. The zero-order chi connectivity index (χ0) is 12.5. The van der Waals surface area contributed by atoms with Gasteiger partial charge in [-0.1, -0.05) is 33.1 Å². The van der Waals surface area contributed by atoms with Crippen molar-refractivity contribution < 1.29 is 4.74 Å². The number of nitrogens with zero attached hydrogens (tertiary/aromatic N) is 1. The average Bonchev–Trinajstić information content (AvgIpc) is 2.29. The van der Waals surface area contributed by atoms with Crippen molar-refractivity contribution in [2.24, 2.45) is 16.6 Å². The standard InChI is InChI=1S/C13H27N3O/c1-11(2)10-17-9-8-15-13(14)16-12-6-4-3-5-7-12/h11-12H,3-10H2,1-2H3,(H3,14,15,16). The zero-order valence-electron chi connectivity index (χ0n) is 11.2. The molecule has 0 radical (unpaired) electrons. The first kappa shape index (κ1) is 14.3. The van der Waals surface area contributed by atoms with E-state index in [1.807, 2.05) is 0 Å². The van der Waals surface area contributed by atoms with Gasteiger partial charge < -0.3 is 15.8 Å². The summed E-state index contributed by atoms with van der Waals surface area (Å²) in [7, 11) is 0. The molecule has 0 saturated heterocycles. The second-order valence-electron chi connectivity index (χ2n) is 5.21. The second-order valence-corrected chi connectivity index (χ2v) is 5.21. The minimum Gasteiger partial charge on any atom is -0.379 e. The Balaban J connectivity index is 2.07. The molecular formula is C13H27N3O. The molecule has 0 amide bonds. The van der Waals surface area contributed by atoms with Crippen molar-refractivity contribution >= 4 is 5.96 Å². The lowest BCUT2D eigenvalue weighted by molar-refractivity contribution is 0.117. The molecule has 1 aliphatic rings. The summed E-state index contributed by atoms with van der Waals surface area (Å²) >= 11 is 0. The van der Waals surface area contributed by atoms with Crippen molar-refractivity contribution in [3.63, 3.8) is 0 Å². The van der Waals surface area contributed by atoms with E-state index < -0.39 is 0 Å². The molecule has 1 saturated carbocycles. The Labute approximate surface area is 105 Å². The summed E-state index contributed by atoms with van der Waals surface area (Å²) in [5.41, 5.74) is 5.83. The zero-order valence-corrected chi connectivity index (χ0v) is 11.2. The van der Waals surface area contributed by atoms with Gasteiger partial charge in [-0.15, -0.1) is 0 Å². The van der Waals surface area contributed by atoms with E-state index in [4.69, 9.17) is 10.5 Å². The maximum absolute atomic E-state index is 5.83. The molecule has 0 unspecified atom stereocenters. The lowest BCUT2D eigenvalue weighted by atomic mass is 9.96. The normalized spacial score (nSPS) is 18.6. The van der Waals surface area contributed by atoms with Crippen LogP contribution in [0.1, 0.15) is 46.0 Å². The number of nitrogens with two attached hydrogens (primary N) is 1. The number of hydrogen-bond acceptors (Lipinski definition) is 2. The number of nitrogens with one attached hydrogen (secondary N) is 1. The molecule has 3 N–H and O–H groups in total. The minimum atomic E-state index is 0.532. The van der Waals surface area contributed by atoms with Crippen molar-refractivity contribution in [3.8, 4) is 0 Å². The molecule has 1 fully saturated rings. The van der Waals surface area contributed by atoms with E-state index >= 15 is 0 Å². The van der Waals surface area contributed by atoms with E-state index in [9.17, 15) is 0 Å². The van der Waals surface area contributed by atoms with Gasteiger partial charge in [0, 0.05) is 12.6 Å². The Hall–Kier alpha value is -0.770. The van der Waals surface area contributed by atoms with Crippen LogP contribution in [0.25, 0.3) is 0 Å². The monoisotopic (exact) mass is 241 g/mol. The van der Waals surface area contributed by atoms with Crippen molar-refractivity contribution in [2.75, 3.05) is 19.8 Å². The van der Waals surface area contributed by atoms with Crippen LogP contribution in [0.15, 0.2) is 4.99 Å². The van der Waals surface area contributed by atoms with E-state index in [1.165, 1.54) is 32.1 Å². The van der Waals surface area contributed by atoms with Gasteiger partial charge in [0.25, 0.3) is 0 Å². The summed E-state index contributed by atoms with van der Waals surface area (Å²) in [6.45, 7) is 6.39. The molecule has 4 heteroatoms. The van der Waals surface area contributed by atoms with E-state index in [-0.39, 0.29) is 0 Å². The molecule has 0 atom stereocenters. The summed E-state index contributed by atoms with van der Waals surface area (Å²) in [5.74, 6) is 1.15. The fourth-order valence-electron chi connectivity index (χ4n) is 2.05. The molecule has 100 valence electrons. The highest BCUT2D eigenvalue weighted by molar-refractivity contribution is 5.78. The van der Waals surface area contributed by atoms with Gasteiger partial charge >= 0.3 is 0 Å². The van der Waals surface area contributed by atoms with Crippen LogP contribution in [0.5, 0.6) is 0 Å². The van der Waals surface area contributed by atoms with Crippen molar-refractivity contribution in [1.29, 1.82) is 0 Å². The molecule has 0 aromatic carbocycles. The maximum Gasteiger partial charge on any atom is 0.188 e. The predicted octanol–water partition coefficient (Wildman–Crippen LogP) is 1.90. The predicted molar refractivity (Wildman–Crippen MR) is 72.2 cm³/mol. The number of ether oxygens (including phenoxy) is 1. The first-order chi connectivity index (χ1) is 8.18. The first-order valence-corrected chi connectivity index (χ1v) is 6.82. The minimum absolute atomic E-state index is 0.532. The molecule has 0 spiro atoms. The average molecular weight is 241 g/mol. The van der Waals surface area contributed by atoms with Crippen LogP contribution in [-0.4, -0.2) is 31.8 Å². The third kappa shape index (κ3) is 7.21. The molecule has 0 aliphatic heterocycles. The molecule has 1 rings (SSSR count). The van der Waals surface area contributed by atoms with Crippen LogP contribution < -0.4 is 11.1 Å². The van der Waals surface area contributed by atoms with Gasteiger partial charge in [-0.05, 0) is 18.8 Å². The maximum atomic E-state index is 5.83. The molecule has 0 aromatic heterocycles. The highest BCUT2D eigenvalue weighted by Gasteiger charge is 2.12. The third-order valence-corrected chi connectivity index (χ3v) is 2.93. The molecule has 0 bridgehead atoms. The van der Waals surface area contributed by atoms with Gasteiger partial charge in [-0.2, -0.15) is 0 Å². The second kappa shape index (κ2) is 8.34. The third-order valence-electron chi connectivity index (χ3n) is 2.93. The molecule has 0 heterocycles. The van der Waals surface area contributed by atoms with Crippen LogP contribution in [0.2, 0.25) is 0 Å². The Morgan fingerprint density at radius 1 is 1.35 bits per heavy atom. The van der Waals surface area contributed by atoms with E-state index in [2.05, 4.69) is 24.2 Å². The Bertz CT molecular complexity index is 223. The van der Waals surface area contributed by atoms with Crippen LogP contribution in [0.3, 0.4) is 0 Å². The van der Waals surface area contributed by atoms with Gasteiger partial charge in [0.15, 0.2) is 5.96 Å². The molecule has 1 aliphatic carbocycles.